The van der Waals surface area contributed by atoms with Gasteiger partial charge in [0, 0.05) is 19.7 Å². The Morgan fingerprint density at radius 3 is 2.62 bits per heavy atom. The second-order valence-corrected chi connectivity index (χ2v) is 4.15. The Labute approximate surface area is 120 Å². The second-order valence-electron chi connectivity index (χ2n) is 4.15. The van der Waals surface area contributed by atoms with E-state index in [2.05, 4.69) is 0 Å². The molecule has 110 valence electrons. The zero-order valence-corrected chi connectivity index (χ0v) is 11.4. The number of likely N-dealkylation sites (N-methyl/N-ethyl adjacent to an activating group) is 1. The molecule has 0 saturated heterocycles. The Balaban J connectivity index is 3.34. The predicted octanol–water partition coefficient (Wildman–Crippen LogP) is 1.39. The van der Waals surface area contributed by atoms with Crippen LogP contribution in [-0.2, 0) is 4.79 Å². The van der Waals surface area contributed by atoms with E-state index in [4.69, 9.17) is 5.26 Å². The van der Waals surface area contributed by atoms with E-state index in [1.807, 2.05) is 0 Å². The fourth-order valence-electron chi connectivity index (χ4n) is 1.51. The third-order valence-electron chi connectivity index (χ3n) is 2.77. The van der Waals surface area contributed by atoms with Crippen molar-refractivity contribution in [2.75, 3.05) is 13.6 Å². The van der Waals surface area contributed by atoms with Crippen LogP contribution in [0.4, 0.5) is 5.69 Å². The summed E-state index contributed by atoms with van der Waals surface area (Å²) in [6.07, 6.45) is 1.11. The van der Waals surface area contributed by atoms with Gasteiger partial charge in [-0.2, -0.15) is 5.26 Å². The lowest BCUT2D eigenvalue weighted by Crippen LogP contribution is -2.27. The highest BCUT2D eigenvalue weighted by Gasteiger charge is 2.19. The maximum atomic E-state index is 11.9. The van der Waals surface area contributed by atoms with Crippen LogP contribution in [0.3, 0.4) is 0 Å². The number of carbonyl (C=O) groups excluding carboxylic acids is 1. The Hall–Kier alpha value is -3.08. The number of carbonyl (C=O) groups is 1. The standard InChI is InChI=1S/C13H13N3O5/c1-3-15(2)13(19)9(7-14)4-8-5-10(16(20)21)12(18)11(17)6-8/h4-6,17-18H,3H2,1-2H3/b9-4-. The van der Waals surface area contributed by atoms with E-state index < -0.39 is 28.0 Å². The lowest BCUT2D eigenvalue weighted by atomic mass is 10.1. The molecule has 0 aromatic heterocycles. The van der Waals surface area contributed by atoms with Crippen LogP contribution in [0.25, 0.3) is 6.08 Å². The molecule has 0 spiro atoms. The highest BCUT2D eigenvalue weighted by molar-refractivity contribution is 6.01. The molecular weight excluding hydrogens is 278 g/mol. The molecule has 1 amide bonds. The topological polar surface area (TPSA) is 128 Å². The first-order valence-corrected chi connectivity index (χ1v) is 5.89. The molecule has 0 aliphatic rings. The van der Waals surface area contributed by atoms with Crippen LogP contribution in [0.5, 0.6) is 11.5 Å². The molecule has 0 saturated carbocycles. The average molecular weight is 291 g/mol. The normalized spacial score (nSPS) is 10.8. The average Bonchev–Trinajstić information content (AvgIpc) is 2.46. The van der Waals surface area contributed by atoms with Crippen molar-refractivity contribution in [3.63, 3.8) is 0 Å². The summed E-state index contributed by atoms with van der Waals surface area (Å²) in [6.45, 7) is 2.11. The smallest absolute Gasteiger partial charge is 0.315 e. The monoisotopic (exact) mass is 291 g/mol. The summed E-state index contributed by atoms with van der Waals surface area (Å²) in [6, 6.07) is 3.69. The van der Waals surface area contributed by atoms with E-state index >= 15 is 0 Å². The third kappa shape index (κ3) is 3.48. The third-order valence-corrected chi connectivity index (χ3v) is 2.77. The molecule has 0 bridgehead atoms. The number of hydrogen-bond donors (Lipinski definition) is 2. The summed E-state index contributed by atoms with van der Waals surface area (Å²) in [4.78, 5) is 23.0. The molecule has 1 aromatic rings. The quantitative estimate of drug-likeness (QED) is 0.283. The number of nitriles is 1. The van der Waals surface area contributed by atoms with E-state index in [0.29, 0.717) is 6.54 Å². The van der Waals surface area contributed by atoms with Gasteiger partial charge in [-0.25, -0.2) is 0 Å². The maximum Gasteiger partial charge on any atom is 0.315 e. The van der Waals surface area contributed by atoms with Crippen LogP contribution in [0.2, 0.25) is 0 Å². The molecule has 0 aliphatic carbocycles. The Kier molecular flexibility index (Phi) is 4.86. The van der Waals surface area contributed by atoms with E-state index in [1.165, 1.54) is 11.9 Å². The molecule has 0 unspecified atom stereocenters. The minimum absolute atomic E-state index is 0.0615. The van der Waals surface area contributed by atoms with Gasteiger partial charge in [0.2, 0.25) is 5.75 Å². The number of amides is 1. The van der Waals surface area contributed by atoms with Gasteiger partial charge in [-0.3, -0.25) is 14.9 Å². The van der Waals surface area contributed by atoms with Gasteiger partial charge in [0.15, 0.2) is 5.75 Å². The number of nitro groups is 1. The van der Waals surface area contributed by atoms with E-state index in [1.54, 1.807) is 13.0 Å². The van der Waals surface area contributed by atoms with Gasteiger partial charge < -0.3 is 15.1 Å². The Bertz CT molecular complexity index is 661. The van der Waals surface area contributed by atoms with Crippen LogP contribution in [0.15, 0.2) is 17.7 Å². The van der Waals surface area contributed by atoms with Crippen molar-refractivity contribution in [1.29, 1.82) is 5.26 Å². The summed E-state index contributed by atoms with van der Waals surface area (Å²) in [5.41, 5.74) is -0.889. The fourth-order valence-corrected chi connectivity index (χ4v) is 1.51. The van der Waals surface area contributed by atoms with Crippen molar-refractivity contribution in [2.24, 2.45) is 0 Å². The summed E-state index contributed by atoms with van der Waals surface area (Å²) >= 11 is 0. The van der Waals surface area contributed by atoms with Gasteiger partial charge in [0.25, 0.3) is 5.91 Å². The summed E-state index contributed by atoms with van der Waals surface area (Å²) in [5, 5.41) is 38.6. The largest absolute Gasteiger partial charge is 0.504 e. The second kappa shape index (κ2) is 6.38. The molecule has 1 aromatic carbocycles. The number of phenols is 2. The van der Waals surface area contributed by atoms with E-state index in [9.17, 15) is 25.1 Å². The van der Waals surface area contributed by atoms with Gasteiger partial charge in [0.1, 0.15) is 11.6 Å². The van der Waals surface area contributed by atoms with Gasteiger partial charge in [-0.15, -0.1) is 0 Å². The highest BCUT2D eigenvalue weighted by Crippen LogP contribution is 2.36. The van der Waals surface area contributed by atoms with Crippen molar-refractivity contribution >= 4 is 17.7 Å². The van der Waals surface area contributed by atoms with Crippen molar-refractivity contribution < 1.29 is 19.9 Å². The minimum atomic E-state index is -0.877. The first kappa shape index (κ1) is 16.0. The maximum absolute atomic E-state index is 11.9. The number of nitrogens with zero attached hydrogens (tertiary/aromatic N) is 3. The number of aromatic hydroxyl groups is 2. The number of benzene rings is 1. The predicted molar refractivity (Wildman–Crippen MR) is 73.3 cm³/mol. The van der Waals surface area contributed by atoms with Gasteiger partial charge in [-0.1, -0.05) is 0 Å². The first-order chi connectivity index (χ1) is 9.81. The number of nitro benzene ring substituents is 1. The van der Waals surface area contributed by atoms with Gasteiger partial charge in [0.05, 0.1) is 4.92 Å². The highest BCUT2D eigenvalue weighted by atomic mass is 16.6. The SMILES string of the molecule is CCN(C)C(=O)/C(C#N)=C\c1cc(O)c(O)c([N+](=O)[O-])c1. The molecule has 2 N–H and O–H groups in total. The van der Waals surface area contributed by atoms with E-state index in [-0.39, 0.29) is 11.1 Å². The molecule has 0 radical (unpaired) electrons. The number of rotatable bonds is 4. The number of hydrogen-bond acceptors (Lipinski definition) is 6. The molecule has 8 heteroatoms. The lowest BCUT2D eigenvalue weighted by molar-refractivity contribution is -0.386. The zero-order valence-electron chi connectivity index (χ0n) is 11.4. The molecular formula is C13H13N3O5. The van der Waals surface area contributed by atoms with Gasteiger partial charge in [-0.05, 0) is 24.6 Å². The van der Waals surface area contributed by atoms with Crippen LogP contribution in [-0.4, -0.2) is 39.5 Å². The molecule has 0 heterocycles. The molecule has 0 atom stereocenters. The van der Waals surface area contributed by atoms with Gasteiger partial charge >= 0.3 is 5.69 Å². The van der Waals surface area contributed by atoms with Crippen molar-refractivity contribution in [3.8, 4) is 17.6 Å². The fraction of sp³-hybridized carbons (Fsp3) is 0.231. The summed E-state index contributed by atoms with van der Waals surface area (Å²) in [5.74, 6) is -2.12. The molecule has 8 nitrogen and oxygen atoms in total. The summed E-state index contributed by atoms with van der Waals surface area (Å²) in [7, 11) is 1.50. The molecule has 0 fully saturated rings. The zero-order chi connectivity index (χ0) is 16.2. The molecule has 21 heavy (non-hydrogen) atoms. The molecule has 0 aliphatic heterocycles. The lowest BCUT2D eigenvalue weighted by Gasteiger charge is -2.13. The van der Waals surface area contributed by atoms with E-state index in [0.717, 1.165) is 18.2 Å². The first-order valence-electron chi connectivity index (χ1n) is 5.89. The number of phenolic OH excluding ortho intramolecular Hbond substituents is 2. The summed E-state index contributed by atoms with van der Waals surface area (Å²) < 4.78 is 0. The molecule has 1 rings (SSSR count). The van der Waals surface area contributed by atoms with Crippen molar-refractivity contribution in [1.82, 2.24) is 4.90 Å². The van der Waals surface area contributed by atoms with Crippen molar-refractivity contribution in [3.05, 3.63) is 33.4 Å². The van der Waals surface area contributed by atoms with Crippen molar-refractivity contribution in [2.45, 2.75) is 6.92 Å². The Morgan fingerprint density at radius 1 is 1.52 bits per heavy atom. The van der Waals surface area contributed by atoms with Crippen LogP contribution in [0.1, 0.15) is 12.5 Å². The Morgan fingerprint density at radius 2 is 2.14 bits per heavy atom. The minimum Gasteiger partial charge on any atom is -0.504 e. The van der Waals surface area contributed by atoms with Crippen LogP contribution >= 0.6 is 0 Å². The van der Waals surface area contributed by atoms with Crippen LogP contribution < -0.4 is 0 Å². The van der Waals surface area contributed by atoms with Crippen LogP contribution in [0, 0.1) is 21.4 Å².